The molecule has 0 radical (unpaired) electrons. The molecule has 2 rings (SSSR count). The highest BCUT2D eigenvalue weighted by Crippen LogP contribution is 2.33. The van der Waals surface area contributed by atoms with E-state index in [9.17, 15) is 0 Å². The molecule has 0 saturated heterocycles. The molecular weight excluding hydrogens is 294 g/mol. The van der Waals surface area contributed by atoms with Crippen molar-refractivity contribution < 1.29 is 9.47 Å². The van der Waals surface area contributed by atoms with Crippen LogP contribution in [0.15, 0.2) is 30.3 Å². The third-order valence-electron chi connectivity index (χ3n) is 2.87. The summed E-state index contributed by atoms with van der Waals surface area (Å²) in [5.74, 6) is 1.49. The van der Waals surface area contributed by atoms with Gasteiger partial charge in [0, 0.05) is 16.6 Å². The van der Waals surface area contributed by atoms with Gasteiger partial charge >= 0.3 is 0 Å². The highest BCUT2D eigenvalue weighted by molar-refractivity contribution is 7.16. The molecule has 1 atom stereocenters. The summed E-state index contributed by atoms with van der Waals surface area (Å²) in [7, 11) is 1.64. The van der Waals surface area contributed by atoms with Crippen molar-refractivity contribution in [2.45, 2.75) is 19.9 Å². The Morgan fingerprint density at radius 1 is 1.25 bits per heavy atom. The van der Waals surface area contributed by atoms with Gasteiger partial charge in [-0.2, -0.15) is 0 Å². The Bertz CT molecular complexity index is 571. The van der Waals surface area contributed by atoms with Gasteiger partial charge in [-0.3, -0.25) is 0 Å². The Kier molecular flexibility index (Phi) is 5.15. The molecule has 1 N–H and O–H groups in total. The minimum absolute atomic E-state index is 0.190. The van der Waals surface area contributed by atoms with Crippen molar-refractivity contribution in [3.8, 4) is 11.5 Å². The van der Waals surface area contributed by atoms with E-state index in [1.807, 2.05) is 37.3 Å². The number of ether oxygens (including phenoxy) is 2. The van der Waals surface area contributed by atoms with Crippen molar-refractivity contribution in [3.05, 3.63) is 39.5 Å². The smallest absolute Gasteiger partial charge is 0.162 e. The highest BCUT2D eigenvalue weighted by atomic mass is 35.5. The summed E-state index contributed by atoms with van der Waals surface area (Å²) in [6.07, 6.45) is 0. The summed E-state index contributed by atoms with van der Waals surface area (Å²) in [5, 5.41) is 3.43. The topological polar surface area (TPSA) is 30.5 Å². The molecule has 3 nitrogen and oxygen atoms in total. The van der Waals surface area contributed by atoms with Crippen LogP contribution >= 0.6 is 22.9 Å². The van der Waals surface area contributed by atoms with E-state index in [0.29, 0.717) is 6.61 Å². The van der Waals surface area contributed by atoms with E-state index in [1.54, 1.807) is 18.4 Å². The lowest BCUT2D eigenvalue weighted by molar-refractivity contribution is 0.311. The first kappa shape index (κ1) is 15.0. The van der Waals surface area contributed by atoms with Crippen molar-refractivity contribution >= 4 is 28.6 Å². The second-order valence-electron chi connectivity index (χ2n) is 4.31. The van der Waals surface area contributed by atoms with Gasteiger partial charge in [0.1, 0.15) is 0 Å². The molecule has 0 spiro atoms. The van der Waals surface area contributed by atoms with Crippen molar-refractivity contribution in [1.82, 2.24) is 0 Å². The first-order chi connectivity index (χ1) is 9.63. The van der Waals surface area contributed by atoms with E-state index in [0.717, 1.165) is 21.5 Å². The zero-order valence-corrected chi connectivity index (χ0v) is 13.3. The van der Waals surface area contributed by atoms with Crippen molar-refractivity contribution in [2.75, 3.05) is 19.0 Å². The lowest BCUT2D eigenvalue weighted by Gasteiger charge is -2.16. The van der Waals surface area contributed by atoms with E-state index in [1.165, 1.54) is 4.88 Å². The Balaban J connectivity index is 2.13. The maximum Gasteiger partial charge on any atom is 0.162 e. The van der Waals surface area contributed by atoms with E-state index in [4.69, 9.17) is 21.1 Å². The van der Waals surface area contributed by atoms with Crippen molar-refractivity contribution in [1.29, 1.82) is 0 Å². The van der Waals surface area contributed by atoms with Crippen LogP contribution in [0.25, 0.3) is 0 Å². The first-order valence-electron chi connectivity index (χ1n) is 6.46. The number of hydrogen-bond donors (Lipinski definition) is 1. The summed E-state index contributed by atoms with van der Waals surface area (Å²) < 4.78 is 11.7. The zero-order chi connectivity index (χ0) is 14.5. The van der Waals surface area contributed by atoms with Gasteiger partial charge < -0.3 is 14.8 Å². The Labute approximate surface area is 128 Å². The average Bonchev–Trinajstić information content (AvgIpc) is 2.87. The minimum Gasteiger partial charge on any atom is -0.493 e. The molecule has 1 heterocycles. The molecule has 0 bridgehead atoms. The van der Waals surface area contributed by atoms with E-state index in [-0.39, 0.29) is 6.04 Å². The normalized spacial score (nSPS) is 12.0. The molecule has 5 heteroatoms. The maximum atomic E-state index is 5.96. The number of anilines is 1. The van der Waals surface area contributed by atoms with Crippen LogP contribution in [0, 0.1) is 0 Å². The fraction of sp³-hybridized carbons (Fsp3) is 0.333. The lowest BCUT2D eigenvalue weighted by Crippen LogP contribution is -2.05. The third kappa shape index (κ3) is 3.58. The second kappa shape index (κ2) is 6.86. The Morgan fingerprint density at radius 2 is 2.05 bits per heavy atom. The molecule has 108 valence electrons. The van der Waals surface area contributed by atoms with Crippen LogP contribution < -0.4 is 14.8 Å². The number of hydrogen-bond acceptors (Lipinski definition) is 4. The van der Waals surface area contributed by atoms with E-state index < -0.39 is 0 Å². The molecule has 0 saturated carbocycles. The SMILES string of the molecule is CCOc1ccc(NC(C)c2ccc(Cl)s2)cc1OC. The summed E-state index contributed by atoms with van der Waals surface area (Å²) in [6, 6.07) is 9.99. The average molecular weight is 312 g/mol. The van der Waals surface area contributed by atoms with E-state index in [2.05, 4.69) is 12.2 Å². The molecular formula is C15H18ClNO2S. The molecule has 1 aromatic carbocycles. The molecule has 0 amide bonds. The zero-order valence-electron chi connectivity index (χ0n) is 11.8. The Hall–Kier alpha value is -1.39. The summed E-state index contributed by atoms with van der Waals surface area (Å²) in [5.41, 5.74) is 0.988. The second-order valence-corrected chi connectivity index (χ2v) is 6.05. The van der Waals surface area contributed by atoms with Crippen molar-refractivity contribution in [2.24, 2.45) is 0 Å². The highest BCUT2D eigenvalue weighted by Gasteiger charge is 2.10. The number of methoxy groups -OCH3 is 1. The number of nitrogens with one attached hydrogen (secondary N) is 1. The summed E-state index contributed by atoms with van der Waals surface area (Å²) in [6.45, 7) is 4.67. The van der Waals surface area contributed by atoms with Crippen LogP contribution in [-0.2, 0) is 0 Å². The van der Waals surface area contributed by atoms with Gasteiger partial charge in [0.25, 0.3) is 0 Å². The number of benzene rings is 1. The Morgan fingerprint density at radius 3 is 2.65 bits per heavy atom. The standard InChI is InChI=1S/C15H18ClNO2S/c1-4-19-12-6-5-11(9-13(12)18-3)17-10(2)14-7-8-15(16)20-14/h5-10,17H,4H2,1-3H3. The maximum absolute atomic E-state index is 5.96. The van der Waals surface area contributed by atoms with Crippen LogP contribution in [0.5, 0.6) is 11.5 Å². The van der Waals surface area contributed by atoms with Gasteiger partial charge in [-0.25, -0.2) is 0 Å². The van der Waals surface area contributed by atoms with Crippen LogP contribution in [0.4, 0.5) is 5.69 Å². The largest absolute Gasteiger partial charge is 0.493 e. The molecule has 1 unspecified atom stereocenters. The summed E-state index contributed by atoms with van der Waals surface area (Å²) in [4.78, 5) is 1.20. The predicted octanol–water partition coefficient (Wildman–Crippen LogP) is 4.98. The van der Waals surface area contributed by atoms with Gasteiger partial charge in [-0.05, 0) is 38.1 Å². The summed E-state index contributed by atoms with van der Waals surface area (Å²) >= 11 is 7.55. The molecule has 0 aliphatic carbocycles. The monoisotopic (exact) mass is 311 g/mol. The van der Waals surface area contributed by atoms with Gasteiger partial charge in [-0.1, -0.05) is 11.6 Å². The molecule has 20 heavy (non-hydrogen) atoms. The molecule has 0 fully saturated rings. The van der Waals surface area contributed by atoms with E-state index >= 15 is 0 Å². The fourth-order valence-corrected chi connectivity index (χ4v) is 2.98. The van der Waals surface area contributed by atoms with Crippen molar-refractivity contribution in [3.63, 3.8) is 0 Å². The molecule has 1 aromatic heterocycles. The number of rotatable bonds is 6. The molecule has 0 aliphatic rings. The van der Waals surface area contributed by atoms with Gasteiger partial charge in [0.2, 0.25) is 0 Å². The molecule has 2 aromatic rings. The fourth-order valence-electron chi connectivity index (χ4n) is 1.91. The van der Waals surface area contributed by atoms with Crippen LogP contribution in [-0.4, -0.2) is 13.7 Å². The predicted molar refractivity (Wildman–Crippen MR) is 85.5 cm³/mol. The number of thiophene rings is 1. The lowest BCUT2D eigenvalue weighted by atomic mass is 10.2. The number of halogens is 1. The van der Waals surface area contributed by atoms with Gasteiger partial charge in [-0.15, -0.1) is 11.3 Å². The third-order valence-corrected chi connectivity index (χ3v) is 4.28. The van der Waals surface area contributed by atoms with Gasteiger partial charge in [0.15, 0.2) is 11.5 Å². The quantitative estimate of drug-likeness (QED) is 0.816. The van der Waals surface area contributed by atoms with Crippen LogP contribution in [0.1, 0.15) is 24.8 Å². The first-order valence-corrected chi connectivity index (χ1v) is 7.66. The van der Waals surface area contributed by atoms with Gasteiger partial charge in [0.05, 0.1) is 24.1 Å². The van der Waals surface area contributed by atoms with Crippen LogP contribution in [0.2, 0.25) is 4.34 Å². The molecule has 0 aliphatic heterocycles. The minimum atomic E-state index is 0.190. The van der Waals surface area contributed by atoms with Crippen LogP contribution in [0.3, 0.4) is 0 Å².